The molecular weight excluding hydrogens is 434 g/mol. The number of carbonyl (C=O) groups excluding carboxylic acids is 3. The first-order valence-corrected chi connectivity index (χ1v) is 11.4. The van der Waals surface area contributed by atoms with Crippen LogP contribution >= 0.6 is 0 Å². The third-order valence-electron chi connectivity index (χ3n) is 6.77. The van der Waals surface area contributed by atoms with Crippen LogP contribution < -0.4 is 0 Å². The van der Waals surface area contributed by atoms with Crippen molar-refractivity contribution >= 4 is 28.7 Å². The Morgan fingerprint density at radius 1 is 1.09 bits per heavy atom. The number of nitrogens with zero attached hydrogens (tertiary/aromatic N) is 2. The summed E-state index contributed by atoms with van der Waals surface area (Å²) in [4.78, 5) is 45.8. The van der Waals surface area contributed by atoms with Gasteiger partial charge in [0.05, 0.1) is 25.3 Å². The Morgan fingerprint density at radius 2 is 1.85 bits per heavy atom. The first-order chi connectivity index (χ1) is 16.5. The lowest BCUT2D eigenvalue weighted by atomic mass is 9.86. The van der Waals surface area contributed by atoms with Gasteiger partial charge in [0.2, 0.25) is 11.8 Å². The Bertz CT molecular complexity index is 1250. The van der Waals surface area contributed by atoms with Gasteiger partial charge >= 0.3 is 5.97 Å². The van der Waals surface area contributed by atoms with Crippen LogP contribution in [0.2, 0.25) is 0 Å². The molecule has 0 bridgehead atoms. The highest BCUT2D eigenvalue weighted by atomic mass is 16.5. The van der Waals surface area contributed by atoms with Crippen molar-refractivity contribution < 1.29 is 23.9 Å². The molecule has 3 aromatic rings. The number of hydrogen-bond acceptors (Lipinski definition) is 5. The molecule has 8 heteroatoms. The number of benzene rings is 2. The van der Waals surface area contributed by atoms with E-state index in [0.717, 1.165) is 27.7 Å². The molecule has 1 N–H and O–H groups in total. The molecule has 8 nitrogen and oxygen atoms in total. The van der Waals surface area contributed by atoms with Crippen molar-refractivity contribution in [1.82, 2.24) is 14.8 Å². The van der Waals surface area contributed by atoms with Crippen molar-refractivity contribution in [1.29, 1.82) is 0 Å². The lowest BCUT2D eigenvalue weighted by Gasteiger charge is -2.47. The molecule has 176 valence electrons. The minimum absolute atomic E-state index is 0.0391. The lowest BCUT2D eigenvalue weighted by molar-refractivity contribution is -0.158. The third-order valence-corrected chi connectivity index (χ3v) is 6.77. The molecule has 1 aromatic heterocycles. The minimum atomic E-state index is -0.583. The molecule has 0 spiro atoms. The summed E-state index contributed by atoms with van der Waals surface area (Å²) in [7, 11) is 2.97. The Balaban J connectivity index is 1.59. The number of piperazine rings is 1. The number of hydrogen-bond donors (Lipinski definition) is 1. The van der Waals surface area contributed by atoms with E-state index in [0.29, 0.717) is 31.6 Å². The van der Waals surface area contributed by atoms with Crippen LogP contribution in [0.1, 0.15) is 39.6 Å². The van der Waals surface area contributed by atoms with Crippen LogP contribution in [0.4, 0.5) is 0 Å². The largest absolute Gasteiger partial charge is 0.465 e. The number of para-hydroxylation sites is 1. The van der Waals surface area contributed by atoms with Crippen molar-refractivity contribution in [3.8, 4) is 0 Å². The van der Waals surface area contributed by atoms with Gasteiger partial charge in [-0.05, 0) is 35.7 Å². The van der Waals surface area contributed by atoms with Crippen molar-refractivity contribution in [3.63, 3.8) is 0 Å². The van der Waals surface area contributed by atoms with E-state index in [-0.39, 0.29) is 18.4 Å². The molecule has 2 aliphatic rings. The summed E-state index contributed by atoms with van der Waals surface area (Å²) in [6.07, 6.45) is 1.14. The van der Waals surface area contributed by atoms with Crippen LogP contribution in [0.25, 0.3) is 10.9 Å². The van der Waals surface area contributed by atoms with Crippen LogP contribution in [0.5, 0.6) is 0 Å². The molecule has 0 radical (unpaired) electrons. The molecule has 3 heterocycles. The zero-order valence-electron chi connectivity index (χ0n) is 19.2. The van der Waals surface area contributed by atoms with Gasteiger partial charge < -0.3 is 24.3 Å². The lowest BCUT2D eigenvalue weighted by Crippen LogP contribution is -2.63. The Labute approximate surface area is 197 Å². The number of ether oxygens (including phenoxy) is 2. The summed E-state index contributed by atoms with van der Waals surface area (Å²) < 4.78 is 9.94. The normalized spacial score (nSPS) is 19.8. The highest BCUT2D eigenvalue weighted by Gasteiger charge is 2.48. The summed E-state index contributed by atoms with van der Waals surface area (Å²) in [5.41, 5.74) is 4.21. The number of amides is 2. The molecule has 1 saturated heterocycles. The summed E-state index contributed by atoms with van der Waals surface area (Å²) in [5.74, 6) is -0.550. The Morgan fingerprint density at radius 3 is 2.59 bits per heavy atom. The number of nitrogens with one attached hydrogen (secondary N) is 1. The highest BCUT2D eigenvalue weighted by Crippen LogP contribution is 2.42. The van der Waals surface area contributed by atoms with Crippen LogP contribution in [-0.4, -0.2) is 72.5 Å². The van der Waals surface area contributed by atoms with Crippen LogP contribution in [-0.2, 0) is 25.5 Å². The Hall–Kier alpha value is -3.65. The van der Waals surface area contributed by atoms with Crippen molar-refractivity contribution in [2.45, 2.75) is 24.9 Å². The second-order valence-electron chi connectivity index (χ2n) is 8.71. The topological polar surface area (TPSA) is 91.9 Å². The maximum Gasteiger partial charge on any atom is 0.337 e. The fraction of sp³-hybridized carbons (Fsp3) is 0.346. The number of methoxy groups -OCH3 is 2. The van der Waals surface area contributed by atoms with Crippen LogP contribution in [0.15, 0.2) is 48.5 Å². The molecule has 2 aromatic carbocycles. The molecular formula is C26H27N3O5. The zero-order chi connectivity index (χ0) is 23.8. The Kier molecular flexibility index (Phi) is 5.83. The third kappa shape index (κ3) is 3.64. The SMILES string of the molecule is COCCCN1CC(=O)N2C(c3ccc(C(=O)OC)cc3)c3[nH]c4ccccc4c3C[C@H]2C1=O. The molecule has 0 saturated carbocycles. The number of carbonyl (C=O) groups is 3. The quantitative estimate of drug-likeness (QED) is 0.450. The number of aromatic nitrogens is 1. The molecule has 1 unspecified atom stereocenters. The summed E-state index contributed by atoms with van der Waals surface area (Å²) >= 11 is 0. The first-order valence-electron chi connectivity index (χ1n) is 11.4. The number of esters is 1. The van der Waals surface area contributed by atoms with E-state index in [1.807, 2.05) is 36.4 Å². The van der Waals surface area contributed by atoms with E-state index in [9.17, 15) is 14.4 Å². The van der Waals surface area contributed by atoms with Crippen molar-refractivity contribution in [3.05, 3.63) is 70.9 Å². The van der Waals surface area contributed by atoms with Gasteiger partial charge in [0.15, 0.2) is 0 Å². The van der Waals surface area contributed by atoms with E-state index < -0.39 is 18.1 Å². The molecule has 5 rings (SSSR count). The molecule has 2 amide bonds. The molecule has 2 aliphatic heterocycles. The van der Waals surface area contributed by atoms with E-state index >= 15 is 0 Å². The predicted molar refractivity (Wildman–Crippen MR) is 125 cm³/mol. The number of fused-ring (bicyclic) bond motifs is 4. The van der Waals surface area contributed by atoms with E-state index in [4.69, 9.17) is 9.47 Å². The van der Waals surface area contributed by atoms with Gasteiger partial charge in [0, 0.05) is 43.3 Å². The zero-order valence-corrected chi connectivity index (χ0v) is 19.2. The fourth-order valence-corrected chi connectivity index (χ4v) is 5.18. The standard InChI is InChI=1S/C26H27N3O5/c1-33-13-5-12-28-15-22(30)29-21(25(28)31)14-19-18-6-3-4-7-20(18)27-23(19)24(29)16-8-10-17(11-9-16)26(32)34-2/h3-4,6-11,21,24,27H,5,12-15H2,1-2H3/t21-,24?/m0/s1. The maximum atomic E-state index is 13.5. The van der Waals surface area contributed by atoms with E-state index in [1.165, 1.54) is 7.11 Å². The number of aromatic amines is 1. The smallest absolute Gasteiger partial charge is 0.337 e. The predicted octanol–water partition coefficient (Wildman–Crippen LogP) is 2.68. The summed E-state index contributed by atoms with van der Waals surface area (Å²) in [6.45, 7) is 1.07. The van der Waals surface area contributed by atoms with Gasteiger partial charge in [0.1, 0.15) is 6.04 Å². The minimum Gasteiger partial charge on any atom is -0.465 e. The average molecular weight is 462 g/mol. The number of rotatable bonds is 6. The van der Waals surface area contributed by atoms with E-state index in [2.05, 4.69) is 4.98 Å². The van der Waals surface area contributed by atoms with Crippen LogP contribution in [0.3, 0.4) is 0 Å². The second kappa shape index (κ2) is 8.95. The maximum absolute atomic E-state index is 13.5. The molecule has 1 fully saturated rings. The molecule has 34 heavy (non-hydrogen) atoms. The van der Waals surface area contributed by atoms with Gasteiger partial charge in [-0.25, -0.2) is 4.79 Å². The second-order valence-corrected chi connectivity index (χ2v) is 8.71. The monoisotopic (exact) mass is 461 g/mol. The van der Waals surface area contributed by atoms with Crippen LogP contribution in [0, 0.1) is 0 Å². The summed E-state index contributed by atoms with van der Waals surface area (Å²) in [5, 5.41) is 1.06. The molecule has 0 aliphatic carbocycles. The van der Waals surface area contributed by atoms with Gasteiger partial charge in [-0.1, -0.05) is 30.3 Å². The van der Waals surface area contributed by atoms with Gasteiger partial charge in [-0.3, -0.25) is 9.59 Å². The van der Waals surface area contributed by atoms with Gasteiger partial charge in [-0.2, -0.15) is 0 Å². The fourth-order valence-electron chi connectivity index (χ4n) is 5.18. The van der Waals surface area contributed by atoms with Gasteiger partial charge in [-0.15, -0.1) is 0 Å². The van der Waals surface area contributed by atoms with E-state index in [1.54, 1.807) is 29.0 Å². The molecule has 2 atom stereocenters. The highest BCUT2D eigenvalue weighted by molar-refractivity contribution is 5.97. The average Bonchev–Trinajstić information content (AvgIpc) is 3.24. The number of H-pyrrole nitrogens is 1. The van der Waals surface area contributed by atoms with Crippen molar-refractivity contribution in [2.75, 3.05) is 33.9 Å². The van der Waals surface area contributed by atoms with Gasteiger partial charge in [0.25, 0.3) is 0 Å². The first kappa shape index (κ1) is 22.2. The van der Waals surface area contributed by atoms with Crippen molar-refractivity contribution in [2.24, 2.45) is 0 Å². The summed E-state index contributed by atoms with van der Waals surface area (Å²) in [6, 6.07) is 14.0.